The van der Waals surface area contributed by atoms with Crippen molar-refractivity contribution in [3.8, 4) is 0 Å². The predicted octanol–water partition coefficient (Wildman–Crippen LogP) is 3.16. The van der Waals surface area contributed by atoms with Gasteiger partial charge < -0.3 is 0 Å². The largest absolute Gasteiger partial charge is 0.159 e. The van der Waals surface area contributed by atoms with Crippen molar-refractivity contribution in [1.29, 1.82) is 0 Å². The second kappa shape index (κ2) is 5.60. The zero-order chi connectivity index (χ0) is 7.28. The summed E-state index contributed by atoms with van der Waals surface area (Å²) < 4.78 is 0. The number of hydrogen-bond acceptors (Lipinski definition) is 1. The summed E-state index contributed by atoms with van der Waals surface area (Å²) in [6, 6.07) is 0. The van der Waals surface area contributed by atoms with Crippen LogP contribution >= 0.6 is 27.7 Å². The van der Waals surface area contributed by atoms with Crippen LogP contribution < -0.4 is 0 Å². The quantitative estimate of drug-likeness (QED) is 0.643. The monoisotopic (exact) mass is 210 g/mol. The van der Waals surface area contributed by atoms with Gasteiger partial charge in [0.15, 0.2) is 0 Å². The van der Waals surface area contributed by atoms with Gasteiger partial charge in [-0.2, -0.15) is 11.8 Å². The van der Waals surface area contributed by atoms with Crippen molar-refractivity contribution in [3.63, 3.8) is 0 Å². The molecule has 0 aromatic carbocycles. The topological polar surface area (TPSA) is 0 Å². The average molecular weight is 211 g/mol. The highest BCUT2D eigenvalue weighted by Crippen LogP contribution is 2.14. The molecule has 0 radical (unpaired) electrons. The van der Waals surface area contributed by atoms with Crippen molar-refractivity contribution in [2.24, 2.45) is 5.92 Å². The van der Waals surface area contributed by atoms with Crippen LogP contribution in [0.2, 0.25) is 0 Å². The Hall–Kier alpha value is 0.830. The lowest BCUT2D eigenvalue weighted by atomic mass is 10.3. The minimum Gasteiger partial charge on any atom is -0.159 e. The van der Waals surface area contributed by atoms with Crippen LogP contribution in [0.15, 0.2) is 0 Å². The van der Waals surface area contributed by atoms with Gasteiger partial charge in [-0.05, 0) is 16.9 Å². The second-order valence-electron chi connectivity index (χ2n) is 2.64. The second-order valence-corrected chi connectivity index (χ2v) is 4.90. The molecule has 0 heterocycles. The first-order valence-electron chi connectivity index (χ1n) is 3.34. The predicted molar refractivity (Wildman–Crippen MR) is 50.6 cm³/mol. The molecule has 56 valence electrons. The molecule has 0 saturated carbocycles. The van der Waals surface area contributed by atoms with Gasteiger partial charge in [0.1, 0.15) is 0 Å². The molecule has 0 saturated heterocycles. The highest BCUT2D eigenvalue weighted by atomic mass is 79.9. The normalized spacial score (nSPS) is 14.3. The van der Waals surface area contributed by atoms with Gasteiger partial charge in [0.25, 0.3) is 0 Å². The minimum atomic E-state index is 0.784. The van der Waals surface area contributed by atoms with E-state index in [1.165, 1.54) is 5.75 Å². The molecule has 0 amide bonds. The van der Waals surface area contributed by atoms with Crippen LogP contribution in [0.25, 0.3) is 0 Å². The molecule has 0 fully saturated rings. The maximum atomic E-state index is 3.45. The van der Waals surface area contributed by atoms with E-state index < -0.39 is 0 Å². The lowest BCUT2D eigenvalue weighted by Crippen LogP contribution is -2.01. The summed E-state index contributed by atoms with van der Waals surface area (Å²) in [6.07, 6.45) is 0. The first-order valence-corrected chi connectivity index (χ1v) is 5.51. The van der Waals surface area contributed by atoms with Gasteiger partial charge in [0.2, 0.25) is 0 Å². The Morgan fingerprint density at radius 3 is 2.22 bits per heavy atom. The van der Waals surface area contributed by atoms with Crippen LogP contribution in [0.4, 0.5) is 0 Å². The molecule has 1 atom stereocenters. The Morgan fingerprint density at radius 1 is 1.33 bits per heavy atom. The maximum Gasteiger partial charge on any atom is 0.00649 e. The van der Waals surface area contributed by atoms with E-state index in [1.807, 2.05) is 11.8 Å². The van der Waals surface area contributed by atoms with Crippen LogP contribution in [-0.2, 0) is 0 Å². The van der Waals surface area contributed by atoms with Gasteiger partial charge in [-0.3, -0.25) is 0 Å². The molecular formula is C7H15BrS. The first kappa shape index (κ1) is 9.83. The third kappa shape index (κ3) is 6.72. The fourth-order valence-electron chi connectivity index (χ4n) is 0.401. The molecule has 0 nitrogen and oxygen atoms in total. The molecule has 9 heavy (non-hydrogen) atoms. The van der Waals surface area contributed by atoms with E-state index in [4.69, 9.17) is 0 Å². The van der Waals surface area contributed by atoms with Crippen LogP contribution in [0, 0.1) is 5.92 Å². The van der Waals surface area contributed by atoms with Crippen LogP contribution in [0.3, 0.4) is 0 Å². The average Bonchev–Trinajstić information content (AvgIpc) is 1.83. The van der Waals surface area contributed by atoms with E-state index in [2.05, 4.69) is 36.7 Å². The Kier molecular flexibility index (Phi) is 6.12. The zero-order valence-electron chi connectivity index (χ0n) is 6.36. The summed E-state index contributed by atoms with van der Waals surface area (Å²) >= 11 is 5.49. The molecule has 0 rings (SSSR count). The number of thioether (sulfide) groups is 1. The van der Waals surface area contributed by atoms with Crippen LogP contribution in [0.1, 0.15) is 20.8 Å². The first-order chi connectivity index (χ1) is 4.16. The molecule has 0 N–H and O–H groups in total. The van der Waals surface area contributed by atoms with Gasteiger partial charge in [-0.15, -0.1) is 0 Å². The van der Waals surface area contributed by atoms with Crippen molar-refractivity contribution < 1.29 is 0 Å². The van der Waals surface area contributed by atoms with E-state index in [1.54, 1.807) is 0 Å². The smallest absolute Gasteiger partial charge is 0.00649 e. The summed E-state index contributed by atoms with van der Waals surface area (Å²) in [7, 11) is 0. The van der Waals surface area contributed by atoms with Gasteiger partial charge in [-0.1, -0.05) is 36.7 Å². The number of alkyl halides is 1. The summed E-state index contributed by atoms with van der Waals surface area (Å²) in [6.45, 7) is 6.75. The molecule has 0 aromatic heterocycles. The van der Waals surface area contributed by atoms with Gasteiger partial charge >= 0.3 is 0 Å². The molecule has 0 aromatic rings. The van der Waals surface area contributed by atoms with E-state index in [-0.39, 0.29) is 0 Å². The highest BCUT2D eigenvalue weighted by Gasteiger charge is 2.00. The van der Waals surface area contributed by atoms with E-state index >= 15 is 0 Å². The van der Waals surface area contributed by atoms with Gasteiger partial charge in [0, 0.05) is 5.33 Å². The van der Waals surface area contributed by atoms with Gasteiger partial charge in [-0.25, -0.2) is 0 Å². The molecule has 1 unspecified atom stereocenters. The highest BCUT2D eigenvalue weighted by molar-refractivity contribution is 9.09. The van der Waals surface area contributed by atoms with Crippen molar-refractivity contribution in [3.05, 3.63) is 0 Å². The molecule has 0 bridgehead atoms. The SMILES string of the molecule is CC(CBr)CSC(C)C. The van der Waals surface area contributed by atoms with Gasteiger partial charge in [0.05, 0.1) is 0 Å². The zero-order valence-corrected chi connectivity index (χ0v) is 8.76. The van der Waals surface area contributed by atoms with Crippen molar-refractivity contribution in [2.75, 3.05) is 11.1 Å². The molecule has 0 aliphatic rings. The molecule has 0 aliphatic carbocycles. The Morgan fingerprint density at radius 2 is 1.89 bits per heavy atom. The van der Waals surface area contributed by atoms with E-state index in [0.717, 1.165) is 16.5 Å². The molecule has 0 aliphatic heterocycles. The standard InChI is InChI=1S/C7H15BrS/c1-6(2)9-5-7(3)4-8/h6-7H,4-5H2,1-3H3. The third-order valence-corrected chi connectivity index (χ3v) is 3.51. The van der Waals surface area contributed by atoms with Crippen molar-refractivity contribution in [2.45, 2.75) is 26.0 Å². The Bertz CT molecular complexity index is 63.9. The summed E-state index contributed by atoms with van der Waals surface area (Å²) in [5, 5.41) is 1.92. The molecule has 0 spiro atoms. The minimum absolute atomic E-state index is 0.784. The summed E-state index contributed by atoms with van der Waals surface area (Å²) in [5.74, 6) is 2.10. The number of halogens is 1. The van der Waals surface area contributed by atoms with Crippen LogP contribution in [0.5, 0.6) is 0 Å². The van der Waals surface area contributed by atoms with Crippen molar-refractivity contribution in [1.82, 2.24) is 0 Å². The summed E-state index contributed by atoms with van der Waals surface area (Å²) in [4.78, 5) is 0. The summed E-state index contributed by atoms with van der Waals surface area (Å²) in [5.41, 5.74) is 0. The number of hydrogen-bond donors (Lipinski definition) is 0. The Balaban J connectivity index is 3.06. The Labute approximate surface area is 70.9 Å². The maximum absolute atomic E-state index is 3.45. The lowest BCUT2D eigenvalue weighted by Gasteiger charge is -2.08. The fraction of sp³-hybridized carbons (Fsp3) is 1.00. The molecular weight excluding hydrogens is 196 g/mol. The van der Waals surface area contributed by atoms with Crippen LogP contribution in [-0.4, -0.2) is 16.3 Å². The number of rotatable bonds is 4. The van der Waals surface area contributed by atoms with E-state index in [0.29, 0.717) is 0 Å². The fourth-order valence-corrected chi connectivity index (χ4v) is 1.76. The van der Waals surface area contributed by atoms with Crippen molar-refractivity contribution >= 4 is 27.7 Å². The third-order valence-electron chi connectivity index (χ3n) is 0.977. The molecule has 2 heteroatoms. The van der Waals surface area contributed by atoms with E-state index in [9.17, 15) is 0 Å². The lowest BCUT2D eigenvalue weighted by molar-refractivity contribution is 0.768.